The Morgan fingerprint density at radius 3 is 2.00 bits per heavy atom. The quantitative estimate of drug-likeness (QED) is 0.0875. The van der Waals surface area contributed by atoms with Crippen molar-refractivity contribution < 1.29 is 48.7 Å². The van der Waals surface area contributed by atoms with Crippen LogP contribution in [0.15, 0.2) is 58.5 Å². The van der Waals surface area contributed by atoms with Crippen LogP contribution in [0.25, 0.3) is 33.4 Å². The van der Waals surface area contributed by atoms with E-state index in [0.717, 1.165) is 12.1 Å². The Morgan fingerprint density at radius 1 is 0.836 bits per heavy atom. The van der Waals surface area contributed by atoms with Crippen molar-refractivity contribution in [2.45, 2.75) is 39.6 Å². The van der Waals surface area contributed by atoms with Gasteiger partial charge in [-0.1, -0.05) is 12.1 Å². The van der Waals surface area contributed by atoms with Gasteiger partial charge in [0.05, 0.1) is 72.0 Å². The molecule has 0 saturated carbocycles. The van der Waals surface area contributed by atoms with E-state index in [1.807, 2.05) is 25.1 Å². The first-order chi connectivity index (χ1) is 29.0. The number of fused-ring (bicyclic) bond motifs is 7. The molecule has 3 aromatic carbocycles. The molecule has 0 spiro atoms. The van der Waals surface area contributed by atoms with Gasteiger partial charge in [-0.2, -0.15) is 0 Å². The van der Waals surface area contributed by atoms with E-state index in [1.54, 1.807) is 19.1 Å². The van der Waals surface area contributed by atoms with Crippen LogP contribution < -0.4 is 5.56 Å². The lowest BCUT2D eigenvalue weighted by atomic mass is 10.0. The number of hydrogen-bond donors (Lipinski definition) is 1. The fraction of sp³-hybridized carbons (Fsp3) is 0.237. The van der Waals surface area contributed by atoms with Crippen LogP contribution in [-0.2, 0) is 50.2 Å². The number of benzene rings is 3. The second-order valence-electron chi connectivity index (χ2n) is 14.0. The van der Waals surface area contributed by atoms with Crippen molar-refractivity contribution in [3.63, 3.8) is 0 Å². The van der Waals surface area contributed by atoms with Crippen molar-refractivity contribution in [2.75, 3.05) is 20.7 Å². The van der Waals surface area contributed by atoms with Gasteiger partial charge in [0, 0.05) is 58.3 Å². The monoisotopic (exact) mass is 838 g/mol. The standard InChI is InChI=1S/C38H30N8O15/c1-4-32(48)60-16-26-19(8-30-36-18(13-42(30)38(26)50)7-22-25(14-41(2)3)31(47)6-5-27(22)39-36)15-59-33(49)17-61-40-37-23-9-20(43(51)52)11-28(45(55)56)34(23)35-24(37)10-21(44(53)54)12-29(35)46(57)58/h5-12,47H,4,13-17H2,1-3H3. The summed E-state index contributed by atoms with van der Waals surface area (Å²) in [5.41, 5.74) is -3.58. The highest BCUT2D eigenvalue weighted by molar-refractivity contribution is 6.27. The highest BCUT2D eigenvalue weighted by Crippen LogP contribution is 2.50. The molecular formula is C38H30N8O15. The third-order valence-corrected chi connectivity index (χ3v) is 9.88. The number of nitrogens with zero attached hydrogens (tertiary/aromatic N) is 8. The van der Waals surface area contributed by atoms with Gasteiger partial charge >= 0.3 is 11.9 Å². The van der Waals surface area contributed by atoms with Crippen molar-refractivity contribution >= 4 is 51.3 Å². The summed E-state index contributed by atoms with van der Waals surface area (Å²) in [4.78, 5) is 94.8. The molecule has 312 valence electrons. The summed E-state index contributed by atoms with van der Waals surface area (Å²) >= 11 is 0. The number of carbonyl (C=O) groups is 2. The number of phenolic OH excluding ortho intramolecular Hbond substituents is 1. The molecule has 23 heteroatoms. The average Bonchev–Trinajstić information content (AvgIpc) is 3.73. The number of esters is 2. The van der Waals surface area contributed by atoms with Gasteiger partial charge in [0.25, 0.3) is 28.3 Å². The molecule has 0 fully saturated rings. The minimum absolute atomic E-state index is 0.00615. The normalized spacial score (nSPS) is 12.0. The topological polar surface area (TPSA) is 305 Å². The van der Waals surface area contributed by atoms with Crippen LogP contribution in [0.2, 0.25) is 0 Å². The Bertz CT molecular complexity index is 2800. The Labute approximate surface area is 340 Å². The van der Waals surface area contributed by atoms with E-state index < -0.39 is 108 Å². The van der Waals surface area contributed by atoms with E-state index in [2.05, 4.69) is 5.16 Å². The first kappa shape index (κ1) is 41.0. The van der Waals surface area contributed by atoms with E-state index in [-0.39, 0.29) is 29.8 Å². The summed E-state index contributed by atoms with van der Waals surface area (Å²) in [5, 5.41) is 62.7. The first-order valence-electron chi connectivity index (χ1n) is 18.0. The minimum atomic E-state index is -1.10. The number of aromatic nitrogens is 2. The highest BCUT2D eigenvalue weighted by atomic mass is 16.7. The zero-order chi connectivity index (χ0) is 44.0. The number of ether oxygens (including phenoxy) is 2. The van der Waals surface area contributed by atoms with Gasteiger partial charge in [0.2, 0.25) is 6.61 Å². The summed E-state index contributed by atoms with van der Waals surface area (Å²) in [6.45, 7) is 0.0407. The van der Waals surface area contributed by atoms with Crippen LogP contribution in [0.5, 0.6) is 5.75 Å². The van der Waals surface area contributed by atoms with Gasteiger partial charge in [-0.25, -0.2) is 9.78 Å². The van der Waals surface area contributed by atoms with Crippen LogP contribution in [0, 0.1) is 40.5 Å². The minimum Gasteiger partial charge on any atom is -0.508 e. The molecule has 23 nitrogen and oxygen atoms in total. The van der Waals surface area contributed by atoms with Crippen LogP contribution in [0.1, 0.15) is 46.7 Å². The number of oxime groups is 1. The van der Waals surface area contributed by atoms with E-state index >= 15 is 0 Å². The molecule has 3 heterocycles. The number of pyridine rings is 2. The van der Waals surface area contributed by atoms with Crippen molar-refractivity contribution in [3.8, 4) is 28.3 Å². The molecule has 7 rings (SSSR count). The predicted molar refractivity (Wildman–Crippen MR) is 210 cm³/mol. The Kier molecular flexibility index (Phi) is 10.6. The maximum Gasteiger partial charge on any atom is 0.347 e. The predicted octanol–water partition coefficient (Wildman–Crippen LogP) is 4.77. The van der Waals surface area contributed by atoms with E-state index in [4.69, 9.17) is 19.3 Å². The first-order valence-corrected chi connectivity index (χ1v) is 18.0. The number of rotatable bonds is 14. The van der Waals surface area contributed by atoms with Crippen LogP contribution >= 0.6 is 0 Å². The maximum absolute atomic E-state index is 14.0. The molecule has 1 N–H and O–H groups in total. The molecule has 0 radical (unpaired) electrons. The molecule has 0 atom stereocenters. The second-order valence-corrected chi connectivity index (χ2v) is 14.0. The summed E-state index contributed by atoms with van der Waals surface area (Å²) in [6.07, 6.45) is 0.0108. The van der Waals surface area contributed by atoms with Crippen molar-refractivity contribution in [1.29, 1.82) is 0 Å². The third kappa shape index (κ3) is 7.51. The summed E-state index contributed by atoms with van der Waals surface area (Å²) in [7, 11) is 3.69. The summed E-state index contributed by atoms with van der Waals surface area (Å²) < 4.78 is 12.1. The number of nitro benzene ring substituents is 4. The smallest absolute Gasteiger partial charge is 0.347 e. The molecule has 0 bridgehead atoms. The maximum atomic E-state index is 14.0. The highest BCUT2D eigenvalue weighted by Gasteiger charge is 2.42. The number of carbonyl (C=O) groups excluding carboxylic acids is 2. The van der Waals surface area contributed by atoms with Gasteiger partial charge in [-0.05, 0) is 38.4 Å². The molecule has 5 aromatic rings. The molecule has 2 aromatic heterocycles. The Morgan fingerprint density at radius 2 is 1.44 bits per heavy atom. The van der Waals surface area contributed by atoms with Crippen LogP contribution in [0.3, 0.4) is 0 Å². The third-order valence-electron chi connectivity index (χ3n) is 9.88. The van der Waals surface area contributed by atoms with Gasteiger partial charge in [-0.3, -0.25) is 50.0 Å². The van der Waals surface area contributed by atoms with E-state index in [1.165, 1.54) is 10.6 Å². The average molecular weight is 839 g/mol. The molecule has 61 heavy (non-hydrogen) atoms. The lowest BCUT2D eigenvalue weighted by Crippen LogP contribution is -2.26. The van der Waals surface area contributed by atoms with E-state index in [0.29, 0.717) is 52.1 Å². The van der Waals surface area contributed by atoms with E-state index in [9.17, 15) is 59.9 Å². The molecule has 0 amide bonds. The number of non-ortho nitro benzene ring substituents is 2. The fourth-order valence-electron chi connectivity index (χ4n) is 7.17. The second kappa shape index (κ2) is 15.9. The SMILES string of the molecule is CCC(=O)OCc1c(COC(=O)CON=C2c3cc([N+](=O)[O-])cc([N+](=O)[O-])c3-c3c2cc([N+](=O)[O-])cc3[N+](=O)[O-])cc2n(c1=O)Cc1cc3c(CN(C)C)c(O)ccc3nc1-2. The lowest BCUT2D eigenvalue weighted by Gasteiger charge is -2.15. The zero-order valence-corrected chi connectivity index (χ0v) is 32.1. The summed E-state index contributed by atoms with van der Waals surface area (Å²) in [5.74, 6) is -1.63. The van der Waals surface area contributed by atoms with Crippen LogP contribution in [-0.4, -0.2) is 77.6 Å². The van der Waals surface area contributed by atoms with Gasteiger partial charge < -0.3 is 28.9 Å². The Hall–Kier alpha value is -8.21. The lowest BCUT2D eigenvalue weighted by molar-refractivity contribution is -0.395. The van der Waals surface area contributed by atoms with Crippen molar-refractivity contribution in [1.82, 2.24) is 14.5 Å². The number of aromatic hydroxyl groups is 1. The van der Waals surface area contributed by atoms with Gasteiger partial charge in [0.1, 0.15) is 24.7 Å². The molecular weight excluding hydrogens is 808 g/mol. The van der Waals surface area contributed by atoms with Crippen LogP contribution in [0.4, 0.5) is 22.7 Å². The number of phenols is 1. The number of nitro groups is 4. The van der Waals surface area contributed by atoms with Gasteiger partial charge in [0.15, 0.2) is 0 Å². The van der Waals surface area contributed by atoms with Crippen molar-refractivity contribution in [2.24, 2.45) is 5.16 Å². The van der Waals surface area contributed by atoms with Crippen molar-refractivity contribution in [3.05, 3.63) is 133 Å². The zero-order valence-electron chi connectivity index (χ0n) is 32.1. The Balaban J connectivity index is 1.21. The fourth-order valence-corrected chi connectivity index (χ4v) is 7.17. The molecule has 2 aliphatic rings. The number of hydrogen-bond acceptors (Lipinski definition) is 18. The molecule has 0 unspecified atom stereocenters. The molecule has 1 aliphatic heterocycles. The summed E-state index contributed by atoms with van der Waals surface area (Å²) in [6, 6.07) is 9.35. The van der Waals surface area contributed by atoms with Gasteiger partial charge in [-0.15, -0.1) is 0 Å². The molecule has 1 aliphatic carbocycles. The largest absolute Gasteiger partial charge is 0.508 e. The molecule has 0 saturated heterocycles.